The number of fused-ring (bicyclic) bond motifs is 2. The van der Waals surface area contributed by atoms with Gasteiger partial charge >= 0.3 is 6.03 Å². The number of halogens is 1. The Morgan fingerprint density at radius 3 is 2.37 bits per heavy atom. The van der Waals surface area contributed by atoms with Crippen LogP contribution < -0.4 is 5.32 Å². The fourth-order valence-corrected chi connectivity index (χ4v) is 4.72. The van der Waals surface area contributed by atoms with Crippen LogP contribution in [-0.4, -0.2) is 22.3 Å². The van der Waals surface area contributed by atoms with Gasteiger partial charge in [-0.2, -0.15) is 0 Å². The molecule has 142 valence electrons. The lowest BCUT2D eigenvalue weighted by atomic mass is 9.98. The molecule has 2 aliphatic rings. The van der Waals surface area contributed by atoms with Gasteiger partial charge in [0.25, 0.3) is 0 Å². The fraction of sp³-hybridized carbons (Fsp3) is 0.450. The van der Waals surface area contributed by atoms with Crippen LogP contribution in [0.25, 0.3) is 0 Å². The van der Waals surface area contributed by atoms with E-state index < -0.39 is 11.6 Å². The molecule has 0 atom stereocenters. The zero-order valence-corrected chi connectivity index (χ0v) is 16.2. The van der Waals surface area contributed by atoms with E-state index in [-0.39, 0.29) is 5.82 Å². The molecule has 4 rings (SSSR count). The van der Waals surface area contributed by atoms with Crippen LogP contribution in [0.5, 0.6) is 0 Å². The van der Waals surface area contributed by atoms with E-state index >= 15 is 0 Å². The first-order chi connectivity index (χ1) is 12.8. The number of hydrogen-bond acceptors (Lipinski definition) is 4. The van der Waals surface area contributed by atoms with Gasteiger partial charge in [0, 0.05) is 11.9 Å². The average molecular weight is 387 g/mol. The van der Waals surface area contributed by atoms with Crippen molar-refractivity contribution < 1.29 is 14.3 Å². The first kappa shape index (κ1) is 18.3. The van der Waals surface area contributed by atoms with Gasteiger partial charge in [-0.1, -0.05) is 0 Å². The summed E-state index contributed by atoms with van der Waals surface area (Å²) in [4.78, 5) is 21.2. The Kier molecular flexibility index (Phi) is 4.60. The van der Waals surface area contributed by atoms with E-state index in [0.29, 0.717) is 9.88 Å². The van der Waals surface area contributed by atoms with Crippen molar-refractivity contribution in [2.24, 2.45) is 4.99 Å². The summed E-state index contributed by atoms with van der Waals surface area (Å²) in [6.07, 6.45) is 7.94. The van der Waals surface area contributed by atoms with E-state index in [2.05, 4.69) is 15.3 Å². The molecule has 5 nitrogen and oxygen atoms in total. The molecule has 2 aromatic rings. The first-order valence-corrected chi connectivity index (χ1v) is 10.0. The monoisotopic (exact) mass is 387 g/mol. The number of nitrogens with zero attached hydrogens (tertiary/aromatic N) is 2. The molecule has 1 aromatic carbocycles. The molecule has 0 aliphatic heterocycles. The zero-order valence-electron chi connectivity index (χ0n) is 15.4. The van der Waals surface area contributed by atoms with Gasteiger partial charge in [0.15, 0.2) is 0 Å². The van der Waals surface area contributed by atoms with Crippen molar-refractivity contribution in [3.63, 3.8) is 0 Å². The smallest absolute Gasteiger partial charge is 0.345 e. The number of anilines is 1. The molecule has 1 heterocycles. The van der Waals surface area contributed by atoms with E-state index in [9.17, 15) is 14.3 Å². The number of aliphatic hydroxyl groups is 1. The van der Waals surface area contributed by atoms with Gasteiger partial charge in [-0.05, 0) is 74.6 Å². The lowest BCUT2D eigenvalue weighted by Gasteiger charge is -2.16. The van der Waals surface area contributed by atoms with Crippen LogP contribution in [0.15, 0.2) is 11.2 Å². The number of aromatic nitrogens is 1. The summed E-state index contributed by atoms with van der Waals surface area (Å²) in [5.74, 6) is -0.0553. The number of rotatable bonds is 3. The number of hydrogen-bond donors (Lipinski definition) is 2. The van der Waals surface area contributed by atoms with Gasteiger partial charge in [-0.15, -0.1) is 11.3 Å². The molecular weight excluding hydrogens is 365 g/mol. The quantitative estimate of drug-likeness (QED) is 0.778. The van der Waals surface area contributed by atoms with Crippen LogP contribution in [0.3, 0.4) is 0 Å². The summed E-state index contributed by atoms with van der Waals surface area (Å²) in [6.45, 7) is 3.32. The Bertz CT molecular complexity index is 908. The maximum Gasteiger partial charge on any atom is 0.345 e. The number of aliphatic imine (C=N–C) groups is 1. The van der Waals surface area contributed by atoms with Crippen molar-refractivity contribution in [3.8, 4) is 0 Å². The summed E-state index contributed by atoms with van der Waals surface area (Å²) < 4.78 is 14.7. The standard InChI is InChI=1S/C20H22FN3O2S/c1-20(2,26)18-22-9-11(27-18)10-23-19(25)24-17-14-7-3-5-12(14)16(21)13-6-4-8-15(13)17/h9-10,26H,3-8H2,1-2H3,(H,24,25). The van der Waals surface area contributed by atoms with Gasteiger partial charge in [-0.25, -0.2) is 19.2 Å². The number of carbonyl (C=O) groups excluding carboxylic acids is 1. The van der Waals surface area contributed by atoms with Crippen LogP contribution in [0.4, 0.5) is 14.9 Å². The highest BCUT2D eigenvalue weighted by molar-refractivity contribution is 7.13. The highest BCUT2D eigenvalue weighted by Crippen LogP contribution is 2.41. The molecule has 0 fully saturated rings. The number of benzene rings is 1. The van der Waals surface area contributed by atoms with Crippen molar-refractivity contribution in [2.45, 2.75) is 58.0 Å². The maximum atomic E-state index is 14.7. The predicted octanol–water partition coefficient (Wildman–Crippen LogP) is 4.14. The molecule has 2 N–H and O–H groups in total. The minimum atomic E-state index is -1.02. The summed E-state index contributed by atoms with van der Waals surface area (Å²) in [5, 5.41) is 13.4. The summed E-state index contributed by atoms with van der Waals surface area (Å²) >= 11 is 1.29. The minimum absolute atomic E-state index is 0.0553. The Morgan fingerprint density at radius 1 is 1.22 bits per heavy atom. The van der Waals surface area contributed by atoms with Crippen molar-refractivity contribution in [3.05, 3.63) is 44.2 Å². The topological polar surface area (TPSA) is 74.6 Å². The Morgan fingerprint density at radius 2 is 1.81 bits per heavy atom. The van der Waals surface area contributed by atoms with E-state index in [1.54, 1.807) is 20.0 Å². The van der Waals surface area contributed by atoms with Gasteiger partial charge in [0.05, 0.1) is 11.1 Å². The fourth-order valence-electron chi connectivity index (χ4n) is 3.93. The maximum absolute atomic E-state index is 14.7. The van der Waals surface area contributed by atoms with Crippen LogP contribution in [0.2, 0.25) is 0 Å². The molecule has 0 radical (unpaired) electrons. The van der Waals surface area contributed by atoms with Gasteiger partial charge in [0.2, 0.25) is 0 Å². The Hall–Kier alpha value is -2.12. The van der Waals surface area contributed by atoms with Gasteiger partial charge in [0.1, 0.15) is 16.4 Å². The second-order valence-corrected chi connectivity index (χ2v) is 8.69. The molecule has 0 unspecified atom stereocenters. The SMILES string of the molecule is CC(C)(O)c1ncc(C=NC(=O)Nc2c3c(c(F)c4c2CCC4)CCC3)s1. The summed E-state index contributed by atoms with van der Waals surface area (Å²) in [6, 6.07) is -0.469. The third kappa shape index (κ3) is 3.41. The molecule has 0 bridgehead atoms. The molecule has 1 aromatic heterocycles. The van der Waals surface area contributed by atoms with Crippen LogP contribution in [0.1, 0.15) is 58.8 Å². The Labute approximate surface area is 161 Å². The highest BCUT2D eigenvalue weighted by Gasteiger charge is 2.29. The summed E-state index contributed by atoms with van der Waals surface area (Å²) in [5.41, 5.74) is 3.19. The molecule has 0 saturated carbocycles. The lowest BCUT2D eigenvalue weighted by Crippen LogP contribution is -2.14. The number of amides is 2. The molecule has 7 heteroatoms. The third-order valence-corrected chi connectivity index (χ3v) is 6.40. The van der Waals surface area contributed by atoms with Crippen molar-refractivity contribution in [2.75, 3.05) is 5.32 Å². The van der Waals surface area contributed by atoms with Crippen LogP contribution in [-0.2, 0) is 31.3 Å². The minimum Gasteiger partial charge on any atom is -0.383 e. The Balaban J connectivity index is 1.57. The normalized spacial score (nSPS) is 16.0. The predicted molar refractivity (Wildman–Crippen MR) is 104 cm³/mol. The lowest BCUT2D eigenvalue weighted by molar-refractivity contribution is 0.0783. The number of carbonyl (C=O) groups is 1. The van der Waals surface area contributed by atoms with Crippen molar-refractivity contribution >= 4 is 29.3 Å². The van der Waals surface area contributed by atoms with E-state index in [1.807, 2.05) is 0 Å². The number of urea groups is 1. The molecule has 0 spiro atoms. The number of thiazole rings is 1. The van der Waals surface area contributed by atoms with Crippen molar-refractivity contribution in [1.82, 2.24) is 4.98 Å². The third-order valence-electron chi connectivity index (χ3n) is 5.16. The average Bonchev–Trinajstić information content (AvgIpc) is 3.36. The van der Waals surface area contributed by atoms with E-state index in [1.165, 1.54) is 17.6 Å². The second-order valence-electron chi connectivity index (χ2n) is 7.63. The van der Waals surface area contributed by atoms with Gasteiger partial charge < -0.3 is 10.4 Å². The molecule has 0 saturated heterocycles. The highest BCUT2D eigenvalue weighted by atomic mass is 32.1. The van der Waals surface area contributed by atoms with Crippen LogP contribution >= 0.6 is 11.3 Å². The largest absolute Gasteiger partial charge is 0.383 e. The van der Waals surface area contributed by atoms with E-state index in [4.69, 9.17) is 0 Å². The second kappa shape index (κ2) is 6.80. The molecule has 27 heavy (non-hydrogen) atoms. The molecule has 2 amide bonds. The van der Waals surface area contributed by atoms with E-state index in [0.717, 1.165) is 66.5 Å². The summed E-state index contributed by atoms with van der Waals surface area (Å²) in [7, 11) is 0. The molecular formula is C20H22FN3O2S. The van der Waals surface area contributed by atoms with Crippen LogP contribution in [0, 0.1) is 5.82 Å². The molecule has 2 aliphatic carbocycles. The number of nitrogens with one attached hydrogen (secondary N) is 1. The van der Waals surface area contributed by atoms with Crippen molar-refractivity contribution in [1.29, 1.82) is 0 Å². The zero-order chi connectivity index (χ0) is 19.2. The first-order valence-electron chi connectivity index (χ1n) is 9.23. The van der Waals surface area contributed by atoms with Gasteiger partial charge in [-0.3, -0.25) is 0 Å².